The van der Waals surface area contributed by atoms with E-state index in [1.165, 1.54) is 12.1 Å². The summed E-state index contributed by atoms with van der Waals surface area (Å²) in [7, 11) is 0. The van der Waals surface area contributed by atoms with E-state index in [9.17, 15) is 14.0 Å². The lowest BCUT2D eigenvalue weighted by molar-refractivity contribution is -0.122. The summed E-state index contributed by atoms with van der Waals surface area (Å²) in [5.41, 5.74) is 1.49. The first-order valence-corrected chi connectivity index (χ1v) is 9.17. The van der Waals surface area contributed by atoms with E-state index in [4.69, 9.17) is 4.74 Å². The first-order valence-electron chi connectivity index (χ1n) is 9.17. The van der Waals surface area contributed by atoms with Crippen LogP contribution in [-0.2, 0) is 11.3 Å². The monoisotopic (exact) mass is 392 g/mol. The molecule has 3 aromatic carbocycles. The van der Waals surface area contributed by atoms with E-state index in [0.29, 0.717) is 17.9 Å². The van der Waals surface area contributed by atoms with Gasteiger partial charge in [-0.1, -0.05) is 48.5 Å². The van der Waals surface area contributed by atoms with Gasteiger partial charge in [0.1, 0.15) is 11.6 Å². The molecule has 29 heavy (non-hydrogen) atoms. The third-order valence-corrected chi connectivity index (χ3v) is 4.21. The van der Waals surface area contributed by atoms with Gasteiger partial charge < -0.3 is 15.4 Å². The fraction of sp³-hybridized carbons (Fsp3) is 0.130. The van der Waals surface area contributed by atoms with Crippen LogP contribution in [0.3, 0.4) is 0 Å². The Balaban J connectivity index is 1.59. The number of hydrogen-bond acceptors (Lipinski definition) is 3. The fourth-order valence-corrected chi connectivity index (χ4v) is 2.65. The number of ether oxygens (including phenoxy) is 1. The molecule has 0 fully saturated rings. The average molecular weight is 392 g/mol. The molecule has 2 N–H and O–H groups in total. The highest BCUT2D eigenvalue weighted by Gasteiger charge is 2.17. The van der Waals surface area contributed by atoms with Crippen molar-refractivity contribution in [2.24, 2.45) is 0 Å². The van der Waals surface area contributed by atoms with E-state index in [1.807, 2.05) is 30.3 Å². The number of carbonyl (C=O) groups excluding carboxylic acids is 2. The number of halogens is 1. The minimum absolute atomic E-state index is 0.0852. The van der Waals surface area contributed by atoms with Crippen LogP contribution in [0.4, 0.5) is 10.1 Å². The summed E-state index contributed by atoms with van der Waals surface area (Å²) >= 11 is 0. The van der Waals surface area contributed by atoms with Crippen molar-refractivity contribution in [1.82, 2.24) is 5.32 Å². The molecule has 0 unspecified atom stereocenters. The van der Waals surface area contributed by atoms with Crippen LogP contribution in [0.25, 0.3) is 0 Å². The Hall–Kier alpha value is -3.67. The van der Waals surface area contributed by atoms with Gasteiger partial charge in [-0.05, 0) is 42.8 Å². The second-order valence-electron chi connectivity index (χ2n) is 6.43. The van der Waals surface area contributed by atoms with Gasteiger partial charge >= 0.3 is 0 Å². The molecule has 0 saturated carbocycles. The number of para-hydroxylation sites is 1. The Kier molecular flexibility index (Phi) is 6.58. The third-order valence-electron chi connectivity index (χ3n) is 4.21. The zero-order chi connectivity index (χ0) is 20.6. The van der Waals surface area contributed by atoms with Crippen LogP contribution in [0, 0.1) is 5.82 Å². The second-order valence-corrected chi connectivity index (χ2v) is 6.43. The van der Waals surface area contributed by atoms with Crippen molar-refractivity contribution in [3.63, 3.8) is 0 Å². The van der Waals surface area contributed by atoms with Gasteiger partial charge in [0.15, 0.2) is 6.10 Å². The molecular weight excluding hydrogens is 371 g/mol. The Bertz CT molecular complexity index is 992. The average Bonchev–Trinajstić information content (AvgIpc) is 2.74. The highest BCUT2D eigenvalue weighted by Crippen LogP contribution is 2.17. The van der Waals surface area contributed by atoms with E-state index in [0.717, 1.165) is 5.56 Å². The van der Waals surface area contributed by atoms with Gasteiger partial charge in [-0.3, -0.25) is 9.59 Å². The molecule has 0 heterocycles. The maximum atomic E-state index is 13.7. The summed E-state index contributed by atoms with van der Waals surface area (Å²) in [4.78, 5) is 24.6. The first-order chi connectivity index (χ1) is 14.0. The van der Waals surface area contributed by atoms with E-state index < -0.39 is 17.8 Å². The first kappa shape index (κ1) is 20.1. The summed E-state index contributed by atoms with van der Waals surface area (Å²) in [6, 6.07) is 22.0. The topological polar surface area (TPSA) is 67.4 Å². The summed E-state index contributed by atoms with van der Waals surface area (Å²) < 4.78 is 19.3. The van der Waals surface area contributed by atoms with Crippen LogP contribution in [0.5, 0.6) is 5.75 Å². The lowest BCUT2D eigenvalue weighted by atomic mass is 10.2. The standard InChI is InChI=1S/C23H21FN2O3/c1-16(22(27)26-21-13-6-5-12-20(21)24)29-19-11-7-10-18(14-19)23(28)25-15-17-8-3-2-4-9-17/h2-14,16H,15H2,1H3,(H,25,28)(H,26,27)/t16-/m0/s1. The molecule has 0 bridgehead atoms. The molecule has 1 atom stereocenters. The number of nitrogens with one attached hydrogen (secondary N) is 2. The SMILES string of the molecule is C[C@H](Oc1cccc(C(=O)NCc2ccccc2)c1)C(=O)Nc1ccccc1F. The number of amides is 2. The Morgan fingerprint density at radius 3 is 2.45 bits per heavy atom. The third kappa shape index (κ3) is 5.65. The number of benzene rings is 3. The molecular formula is C23H21FN2O3. The van der Waals surface area contributed by atoms with Gasteiger partial charge in [0.2, 0.25) is 0 Å². The molecule has 0 aromatic heterocycles. The van der Waals surface area contributed by atoms with Crippen molar-refractivity contribution in [3.8, 4) is 5.75 Å². The molecule has 6 heteroatoms. The molecule has 0 radical (unpaired) electrons. The van der Waals surface area contributed by atoms with Crippen molar-refractivity contribution in [1.29, 1.82) is 0 Å². The van der Waals surface area contributed by atoms with Crippen LogP contribution in [0.2, 0.25) is 0 Å². The lowest BCUT2D eigenvalue weighted by Gasteiger charge is -2.15. The molecule has 3 aromatic rings. The highest BCUT2D eigenvalue weighted by molar-refractivity contribution is 5.95. The summed E-state index contributed by atoms with van der Waals surface area (Å²) in [5.74, 6) is -0.893. The van der Waals surface area contributed by atoms with Gasteiger partial charge in [-0.2, -0.15) is 0 Å². The van der Waals surface area contributed by atoms with Gasteiger partial charge in [0.05, 0.1) is 5.69 Å². The van der Waals surface area contributed by atoms with Crippen molar-refractivity contribution in [3.05, 3.63) is 95.8 Å². The fourth-order valence-electron chi connectivity index (χ4n) is 2.65. The predicted molar refractivity (Wildman–Crippen MR) is 109 cm³/mol. The quantitative estimate of drug-likeness (QED) is 0.634. The Morgan fingerprint density at radius 1 is 0.966 bits per heavy atom. The van der Waals surface area contributed by atoms with Crippen LogP contribution in [-0.4, -0.2) is 17.9 Å². The van der Waals surface area contributed by atoms with Gasteiger partial charge in [-0.15, -0.1) is 0 Å². The van der Waals surface area contributed by atoms with Crippen LogP contribution in [0.15, 0.2) is 78.9 Å². The smallest absolute Gasteiger partial charge is 0.265 e. The molecule has 0 aliphatic rings. The largest absolute Gasteiger partial charge is 0.481 e. The predicted octanol–water partition coefficient (Wildman–Crippen LogP) is 4.16. The normalized spacial score (nSPS) is 11.4. The van der Waals surface area contributed by atoms with Crippen LogP contribution >= 0.6 is 0 Å². The maximum absolute atomic E-state index is 13.7. The summed E-state index contributed by atoms with van der Waals surface area (Å²) in [6.45, 7) is 1.96. The van der Waals surface area contributed by atoms with E-state index in [1.54, 1.807) is 43.3 Å². The molecule has 0 spiro atoms. The Morgan fingerprint density at radius 2 is 1.69 bits per heavy atom. The molecule has 0 aliphatic carbocycles. The number of anilines is 1. The van der Waals surface area contributed by atoms with E-state index in [-0.39, 0.29) is 11.6 Å². The minimum atomic E-state index is -0.878. The van der Waals surface area contributed by atoms with Crippen LogP contribution in [0.1, 0.15) is 22.8 Å². The number of carbonyl (C=O) groups is 2. The molecule has 2 amide bonds. The van der Waals surface area contributed by atoms with E-state index in [2.05, 4.69) is 10.6 Å². The minimum Gasteiger partial charge on any atom is -0.481 e. The molecule has 3 rings (SSSR count). The van der Waals surface area contributed by atoms with Crippen molar-refractivity contribution in [2.45, 2.75) is 19.6 Å². The van der Waals surface area contributed by atoms with Crippen molar-refractivity contribution < 1.29 is 18.7 Å². The number of hydrogen-bond donors (Lipinski definition) is 2. The summed E-state index contributed by atoms with van der Waals surface area (Å²) in [5, 5.41) is 5.33. The van der Waals surface area contributed by atoms with Crippen LogP contribution < -0.4 is 15.4 Å². The zero-order valence-corrected chi connectivity index (χ0v) is 15.9. The highest BCUT2D eigenvalue weighted by atomic mass is 19.1. The zero-order valence-electron chi connectivity index (χ0n) is 15.9. The van der Waals surface area contributed by atoms with Crippen molar-refractivity contribution >= 4 is 17.5 Å². The number of rotatable bonds is 7. The van der Waals surface area contributed by atoms with Gasteiger partial charge in [-0.25, -0.2) is 4.39 Å². The maximum Gasteiger partial charge on any atom is 0.265 e. The lowest BCUT2D eigenvalue weighted by Crippen LogP contribution is -2.30. The molecule has 0 aliphatic heterocycles. The Labute approximate surface area is 168 Å². The van der Waals surface area contributed by atoms with Gasteiger partial charge in [0.25, 0.3) is 11.8 Å². The van der Waals surface area contributed by atoms with E-state index >= 15 is 0 Å². The molecule has 0 saturated heterocycles. The van der Waals surface area contributed by atoms with Gasteiger partial charge in [0, 0.05) is 12.1 Å². The second kappa shape index (κ2) is 9.50. The molecule has 148 valence electrons. The summed E-state index contributed by atoms with van der Waals surface area (Å²) in [6.07, 6.45) is -0.878. The van der Waals surface area contributed by atoms with Crippen molar-refractivity contribution in [2.75, 3.05) is 5.32 Å². The molecule has 5 nitrogen and oxygen atoms in total.